The van der Waals surface area contributed by atoms with E-state index in [0.717, 1.165) is 5.56 Å². The van der Waals surface area contributed by atoms with Crippen LogP contribution in [-0.2, 0) is 9.53 Å². The van der Waals surface area contributed by atoms with E-state index in [-0.39, 0.29) is 35.5 Å². The number of furan rings is 1. The molecule has 1 fully saturated rings. The summed E-state index contributed by atoms with van der Waals surface area (Å²) >= 11 is 0. The van der Waals surface area contributed by atoms with E-state index in [9.17, 15) is 14.7 Å². The number of allylic oxidation sites excluding steroid dienone is 1. The van der Waals surface area contributed by atoms with Crippen LogP contribution in [0.3, 0.4) is 0 Å². The topological polar surface area (TPSA) is 108 Å². The van der Waals surface area contributed by atoms with Crippen molar-refractivity contribution in [3.8, 4) is 5.75 Å². The Bertz CT molecular complexity index is 1050. The lowest BCUT2D eigenvalue weighted by Gasteiger charge is -2.34. The Balaban J connectivity index is 1.71. The Labute approximate surface area is 173 Å². The van der Waals surface area contributed by atoms with Gasteiger partial charge in [-0.3, -0.25) is 4.79 Å². The number of hydrogen-bond donors (Lipinski definition) is 1. The third-order valence-electron chi connectivity index (χ3n) is 5.09. The van der Waals surface area contributed by atoms with Crippen LogP contribution in [0.5, 0.6) is 5.75 Å². The third kappa shape index (κ3) is 3.54. The van der Waals surface area contributed by atoms with Crippen molar-refractivity contribution in [2.24, 2.45) is 4.99 Å². The van der Waals surface area contributed by atoms with E-state index in [1.54, 1.807) is 36.4 Å². The number of carbonyl (C=O) groups excluding carboxylic acids is 2. The van der Waals surface area contributed by atoms with Gasteiger partial charge >= 0.3 is 5.97 Å². The minimum atomic E-state index is -0.658. The molecular formula is C21H22N4O5. The van der Waals surface area contributed by atoms with Crippen LogP contribution in [0, 0.1) is 0 Å². The summed E-state index contributed by atoms with van der Waals surface area (Å²) < 4.78 is 11.1. The lowest BCUT2D eigenvalue weighted by atomic mass is 10.1. The average molecular weight is 410 g/mol. The minimum Gasteiger partial charge on any atom is -0.504 e. The smallest absolute Gasteiger partial charge is 0.347 e. The molecule has 0 unspecified atom stereocenters. The van der Waals surface area contributed by atoms with Crippen LogP contribution < -0.4 is 4.90 Å². The fourth-order valence-corrected chi connectivity index (χ4v) is 3.54. The largest absolute Gasteiger partial charge is 0.504 e. The van der Waals surface area contributed by atoms with Crippen molar-refractivity contribution in [3.05, 3.63) is 35.2 Å². The highest BCUT2D eigenvalue weighted by Crippen LogP contribution is 2.40. The SMILES string of the molecule is CCOC(=O)c1c(N2CCN(C(C)=O)CC2)oc(C=C2C=Nc3ncccc32)c1O. The molecular weight excluding hydrogens is 388 g/mol. The van der Waals surface area contributed by atoms with E-state index in [2.05, 4.69) is 9.98 Å². The molecule has 1 amide bonds. The first-order valence-electron chi connectivity index (χ1n) is 9.74. The van der Waals surface area contributed by atoms with Gasteiger partial charge in [-0.25, -0.2) is 14.8 Å². The Morgan fingerprint density at radius 1 is 1.30 bits per heavy atom. The minimum absolute atomic E-state index is 0.000719. The summed E-state index contributed by atoms with van der Waals surface area (Å²) in [6.45, 7) is 5.35. The molecule has 0 radical (unpaired) electrons. The molecule has 1 saturated heterocycles. The molecule has 2 aromatic heterocycles. The van der Waals surface area contributed by atoms with Crippen LogP contribution >= 0.6 is 0 Å². The predicted molar refractivity (Wildman–Crippen MR) is 111 cm³/mol. The number of nitrogens with zero attached hydrogens (tertiary/aromatic N) is 4. The average Bonchev–Trinajstić information content (AvgIpc) is 3.30. The standard InChI is InChI=1S/C21H22N4O5/c1-3-29-21(28)17-18(27)16(11-14-12-23-19-15(14)5-4-6-22-19)30-20(17)25-9-7-24(8-10-25)13(2)26/h4-6,11-12,27H,3,7-10H2,1-2H3. The second-order valence-electron chi connectivity index (χ2n) is 6.94. The van der Waals surface area contributed by atoms with Gasteiger partial charge in [-0.05, 0) is 25.1 Å². The van der Waals surface area contributed by atoms with Crippen molar-refractivity contribution in [3.63, 3.8) is 0 Å². The molecule has 0 atom stereocenters. The molecule has 2 aliphatic heterocycles. The van der Waals surface area contributed by atoms with Gasteiger partial charge in [0, 0.05) is 56.7 Å². The molecule has 30 heavy (non-hydrogen) atoms. The van der Waals surface area contributed by atoms with Crippen LogP contribution in [0.25, 0.3) is 11.6 Å². The number of pyridine rings is 1. The molecule has 1 N–H and O–H groups in total. The lowest BCUT2D eigenvalue weighted by molar-refractivity contribution is -0.129. The number of hydrogen-bond acceptors (Lipinski definition) is 8. The van der Waals surface area contributed by atoms with E-state index >= 15 is 0 Å². The third-order valence-corrected chi connectivity index (χ3v) is 5.09. The van der Waals surface area contributed by atoms with Crippen LogP contribution in [0.15, 0.2) is 27.7 Å². The van der Waals surface area contributed by atoms with Crippen molar-refractivity contribution in [2.75, 3.05) is 37.7 Å². The first-order chi connectivity index (χ1) is 14.5. The second kappa shape index (κ2) is 8.02. The molecule has 156 valence electrons. The quantitative estimate of drug-likeness (QED) is 0.772. The molecule has 2 aliphatic rings. The van der Waals surface area contributed by atoms with E-state index < -0.39 is 5.97 Å². The number of aromatic hydroxyl groups is 1. The molecule has 4 heterocycles. The molecule has 4 rings (SSSR count). The van der Waals surface area contributed by atoms with Gasteiger partial charge < -0.3 is 24.1 Å². The Morgan fingerprint density at radius 2 is 2.07 bits per heavy atom. The number of piperazine rings is 1. The van der Waals surface area contributed by atoms with Crippen molar-refractivity contribution in [1.29, 1.82) is 0 Å². The molecule has 0 aliphatic carbocycles. The van der Waals surface area contributed by atoms with Gasteiger partial charge in [0.05, 0.1) is 6.61 Å². The zero-order chi connectivity index (χ0) is 21.3. The summed E-state index contributed by atoms with van der Waals surface area (Å²) in [5.41, 5.74) is 1.51. The number of amides is 1. The number of rotatable bonds is 4. The molecule has 0 saturated carbocycles. The Hall–Kier alpha value is -3.62. The zero-order valence-electron chi connectivity index (χ0n) is 16.8. The van der Waals surface area contributed by atoms with Crippen molar-refractivity contribution < 1.29 is 23.8 Å². The highest BCUT2D eigenvalue weighted by Gasteiger charge is 2.32. The molecule has 2 aromatic rings. The van der Waals surface area contributed by atoms with E-state index in [1.165, 1.54) is 6.92 Å². The fraction of sp³-hybridized carbons (Fsp3) is 0.333. The van der Waals surface area contributed by atoms with Crippen LogP contribution in [-0.4, -0.2) is 65.9 Å². The van der Waals surface area contributed by atoms with Crippen molar-refractivity contribution in [1.82, 2.24) is 9.88 Å². The molecule has 9 nitrogen and oxygen atoms in total. The second-order valence-corrected chi connectivity index (χ2v) is 6.94. The van der Waals surface area contributed by atoms with Gasteiger partial charge in [-0.15, -0.1) is 0 Å². The first-order valence-corrected chi connectivity index (χ1v) is 9.74. The maximum atomic E-state index is 12.6. The van der Waals surface area contributed by atoms with Gasteiger partial charge in [0.1, 0.15) is 0 Å². The Kier molecular flexibility index (Phi) is 5.26. The number of aliphatic imine (C=N–C) groups is 1. The van der Waals surface area contributed by atoms with Gasteiger partial charge in [-0.1, -0.05) is 0 Å². The fourth-order valence-electron chi connectivity index (χ4n) is 3.54. The van der Waals surface area contributed by atoms with E-state index in [0.29, 0.717) is 37.6 Å². The normalized spacial score (nSPS) is 16.8. The predicted octanol–water partition coefficient (Wildman–Crippen LogP) is 2.48. The van der Waals surface area contributed by atoms with Crippen molar-refractivity contribution in [2.45, 2.75) is 13.8 Å². The monoisotopic (exact) mass is 410 g/mol. The molecule has 0 aromatic carbocycles. The van der Waals surface area contributed by atoms with Crippen LogP contribution in [0.1, 0.15) is 35.5 Å². The van der Waals surface area contributed by atoms with Crippen molar-refractivity contribution >= 4 is 41.4 Å². The van der Waals surface area contributed by atoms with E-state index in [1.807, 2.05) is 11.0 Å². The summed E-state index contributed by atoms with van der Waals surface area (Å²) in [4.78, 5) is 36.2. The summed E-state index contributed by atoms with van der Waals surface area (Å²) in [5.74, 6) is 0.0227. The number of anilines is 1. The van der Waals surface area contributed by atoms with Gasteiger partial charge in [0.25, 0.3) is 0 Å². The number of carbonyl (C=O) groups is 2. The van der Waals surface area contributed by atoms with Crippen LogP contribution in [0.4, 0.5) is 11.7 Å². The summed E-state index contributed by atoms with van der Waals surface area (Å²) in [7, 11) is 0. The summed E-state index contributed by atoms with van der Waals surface area (Å²) in [6, 6.07) is 3.67. The Morgan fingerprint density at radius 3 is 2.77 bits per heavy atom. The molecule has 0 bridgehead atoms. The van der Waals surface area contributed by atoms with Gasteiger partial charge in [-0.2, -0.15) is 0 Å². The van der Waals surface area contributed by atoms with Gasteiger partial charge in [0.2, 0.25) is 11.8 Å². The molecule has 0 spiro atoms. The van der Waals surface area contributed by atoms with Gasteiger partial charge in [0.15, 0.2) is 22.9 Å². The number of fused-ring (bicyclic) bond motifs is 1. The maximum Gasteiger partial charge on any atom is 0.347 e. The highest BCUT2D eigenvalue weighted by atomic mass is 16.5. The highest BCUT2D eigenvalue weighted by molar-refractivity contribution is 6.21. The summed E-state index contributed by atoms with van der Waals surface area (Å²) in [6.07, 6.45) is 4.92. The number of aromatic nitrogens is 1. The maximum absolute atomic E-state index is 12.6. The van der Waals surface area contributed by atoms with E-state index in [4.69, 9.17) is 9.15 Å². The zero-order valence-corrected chi connectivity index (χ0v) is 16.8. The lowest BCUT2D eigenvalue weighted by Crippen LogP contribution is -2.48. The molecule has 9 heteroatoms. The number of ether oxygens (including phenoxy) is 1. The first kappa shape index (κ1) is 19.7. The van der Waals surface area contributed by atoms with Crippen LogP contribution in [0.2, 0.25) is 0 Å². The number of esters is 1. The summed E-state index contributed by atoms with van der Waals surface area (Å²) in [5, 5.41) is 10.8.